The predicted molar refractivity (Wildman–Crippen MR) is 192 cm³/mol. The zero-order valence-corrected chi connectivity index (χ0v) is 31.5. The summed E-state index contributed by atoms with van der Waals surface area (Å²) >= 11 is 0. The molecule has 0 aromatic carbocycles. The summed E-state index contributed by atoms with van der Waals surface area (Å²) in [5, 5.41) is 3.34. The summed E-state index contributed by atoms with van der Waals surface area (Å²) in [6.45, 7) is 23.6. The Morgan fingerprint density at radius 3 is 2.34 bits per heavy atom. The lowest BCUT2D eigenvalue weighted by molar-refractivity contribution is -0.273. The number of hydrogen-bond acceptors (Lipinski definition) is 6. The minimum Gasteiger partial charge on any atom is -0.353 e. The minimum absolute atomic E-state index is 0.0180. The van der Waals surface area contributed by atoms with E-state index in [1.165, 1.54) is 44.9 Å². The van der Waals surface area contributed by atoms with E-state index in [9.17, 15) is 9.59 Å². The fraction of sp³-hybridized carbons (Fsp3) is 0.927. The van der Waals surface area contributed by atoms with Crippen LogP contribution in [-0.4, -0.2) is 103 Å². The van der Waals surface area contributed by atoms with Crippen molar-refractivity contribution in [3.05, 3.63) is 11.4 Å². The van der Waals surface area contributed by atoms with Gasteiger partial charge in [-0.1, -0.05) is 27.7 Å². The number of nitrogens with one attached hydrogen (secondary N) is 1. The molecule has 278 valence electrons. The molecule has 9 nitrogen and oxygen atoms in total. The molecule has 9 heteroatoms. The van der Waals surface area contributed by atoms with E-state index >= 15 is 0 Å². The van der Waals surface area contributed by atoms with Crippen LogP contribution in [0.4, 0.5) is 0 Å². The fourth-order valence-corrected chi connectivity index (χ4v) is 13.8. The van der Waals surface area contributed by atoms with E-state index in [0.717, 1.165) is 82.6 Å². The van der Waals surface area contributed by atoms with Gasteiger partial charge in [0.05, 0.1) is 12.7 Å². The first kappa shape index (κ1) is 35.3. The van der Waals surface area contributed by atoms with Gasteiger partial charge in [-0.15, -0.1) is 0 Å². The lowest BCUT2D eigenvalue weighted by Crippen LogP contribution is -2.56. The van der Waals surface area contributed by atoms with Crippen LogP contribution >= 0.6 is 0 Å². The highest BCUT2D eigenvalue weighted by Gasteiger charge is 2.69. The maximum absolute atomic E-state index is 13.2. The maximum atomic E-state index is 13.2. The van der Waals surface area contributed by atoms with E-state index in [1.807, 2.05) is 4.90 Å². The lowest BCUT2D eigenvalue weighted by Gasteiger charge is -2.61. The van der Waals surface area contributed by atoms with Crippen molar-refractivity contribution in [1.29, 1.82) is 0 Å². The molecule has 0 bridgehead atoms. The molecule has 2 amide bonds. The topological polar surface area (TPSA) is 78.7 Å². The van der Waals surface area contributed by atoms with E-state index in [0.29, 0.717) is 66.4 Å². The molecule has 12 atom stereocenters. The lowest BCUT2D eigenvalue weighted by atomic mass is 9.44. The number of nitrogens with zero attached hydrogens (tertiary/aromatic N) is 4. The number of carbonyl (C=O) groups excluding carboxylic acids is 2. The van der Waals surface area contributed by atoms with Gasteiger partial charge in [-0.05, 0) is 117 Å². The summed E-state index contributed by atoms with van der Waals surface area (Å²) in [4.78, 5) is 36.6. The van der Waals surface area contributed by atoms with Crippen LogP contribution in [0.3, 0.4) is 0 Å². The molecule has 4 heterocycles. The Hall–Kier alpha value is -1.73. The van der Waals surface area contributed by atoms with Crippen molar-refractivity contribution >= 4 is 11.8 Å². The molecule has 4 aliphatic heterocycles. The minimum atomic E-state index is -0.336. The van der Waals surface area contributed by atoms with Crippen molar-refractivity contribution in [2.45, 2.75) is 135 Å². The standard InChI is InChI=1S/C41H65N5O4/c1-27-8-15-41(49-25-27)28(2)38-35(50-41)23-34-32-7-6-29-22-30(9-13-39(29,3)33(32)10-14-40(34,38)4)43-36(47)24-37(48)46-20-18-45(19-21-46)31-11-16-44(17-12-31)26-42-5/h27-35,38H,6-26H2,1-4H3,(H,43,47)/t27-,28-,29+,30-,32+,33?,34-,35-,38-,39-,40-,41+/m0/s1. The zero-order valence-electron chi connectivity index (χ0n) is 31.5. The summed E-state index contributed by atoms with van der Waals surface area (Å²) < 4.78 is 13.5. The number of hydrogen-bond donors (Lipinski definition) is 1. The van der Waals surface area contributed by atoms with Gasteiger partial charge < -0.3 is 19.7 Å². The Balaban J connectivity index is 0.813. The molecule has 0 aromatic rings. The van der Waals surface area contributed by atoms with Crippen LogP contribution in [0.5, 0.6) is 0 Å². The third-order valence-corrected chi connectivity index (χ3v) is 16.6. The molecule has 8 aliphatic rings. The Morgan fingerprint density at radius 1 is 0.860 bits per heavy atom. The third-order valence-electron chi connectivity index (χ3n) is 16.6. The number of likely N-dealkylation sites (tertiary alicyclic amines) is 1. The zero-order chi connectivity index (χ0) is 34.8. The number of fused-ring (bicyclic) bond motifs is 7. The molecular formula is C41H65N5O4. The fourth-order valence-electron chi connectivity index (χ4n) is 13.8. The van der Waals surface area contributed by atoms with E-state index in [1.54, 1.807) is 0 Å². The largest absolute Gasteiger partial charge is 0.353 e. The molecule has 4 aliphatic carbocycles. The highest BCUT2D eigenvalue weighted by molar-refractivity contribution is 5.97. The molecule has 8 rings (SSSR count). The van der Waals surface area contributed by atoms with Crippen LogP contribution in [0.25, 0.3) is 4.85 Å². The van der Waals surface area contributed by atoms with Gasteiger partial charge in [0.1, 0.15) is 6.42 Å². The maximum Gasteiger partial charge on any atom is 0.270 e. The summed E-state index contributed by atoms with van der Waals surface area (Å²) in [6.07, 6.45) is 14.6. The monoisotopic (exact) mass is 692 g/mol. The Labute approximate surface area is 301 Å². The number of ether oxygens (including phenoxy) is 2. The summed E-state index contributed by atoms with van der Waals surface area (Å²) in [5.74, 6) is 4.27. The van der Waals surface area contributed by atoms with Crippen molar-refractivity contribution in [1.82, 2.24) is 20.0 Å². The van der Waals surface area contributed by atoms with Crippen LogP contribution in [0.1, 0.15) is 111 Å². The van der Waals surface area contributed by atoms with Gasteiger partial charge in [0.15, 0.2) is 5.79 Å². The second-order valence-corrected chi connectivity index (χ2v) is 19.0. The van der Waals surface area contributed by atoms with Gasteiger partial charge in [-0.2, -0.15) is 0 Å². The third kappa shape index (κ3) is 6.04. The molecule has 1 N–H and O–H groups in total. The van der Waals surface area contributed by atoms with Gasteiger partial charge in [0.2, 0.25) is 11.8 Å². The quantitative estimate of drug-likeness (QED) is 0.291. The Bertz CT molecular complexity index is 1310. The van der Waals surface area contributed by atoms with E-state index in [-0.39, 0.29) is 30.1 Å². The number of piperazine rings is 1. The van der Waals surface area contributed by atoms with Crippen molar-refractivity contribution < 1.29 is 19.1 Å². The average molecular weight is 692 g/mol. The molecule has 1 spiro atoms. The van der Waals surface area contributed by atoms with Gasteiger partial charge >= 0.3 is 0 Å². The first-order valence-corrected chi connectivity index (χ1v) is 20.7. The SMILES string of the molecule is [C-]#[N+]CN1CCC(N2CCN(C(=O)CC(=O)N[C@H]3CC[C@]4(C)C5CC[C@]6(C)[C@@H]7[C@H](C[C@H]6[C@@H]5CC[C@@H]4C3)O[C@]3(CC[C@H](C)CO3)[C@H]7C)CC2)CC1. The average Bonchev–Trinajstić information content (AvgIpc) is 3.56. The van der Waals surface area contributed by atoms with E-state index in [4.69, 9.17) is 16.0 Å². The second kappa shape index (κ2) is 13.6. The van der Waals surface area contributed by atoms with Crippen molar-refractivity contribution in [3.63, 3.8) is 0 Å². The van der Waals surface area contributed by atoms with Crippen LogP contribution < -0.4 is 5.32 Å². The first-order valence-electron chi connectivity index (χ1n) is 20.7. The highest BCUT2D eigenvalue weighted by atomic mass is 16.7. The van der Waals surface area contributed by atoms with Crippen molar-refractivity contribution in [2.75, 3.05) is 52.5 Å². The van der Waals surface area contributed by atoms with Crippen LogP contribution in [-0.2, 0) is 19.1 Å². The van der Waals surface area contributed by atoms with E-state index in [2.05, 4.69) is 47.7 Å². The molecule has 0 radical (unpaired) electrons. The van der Waals surface area contributed by atoms with Crippen LogP contribution in [0, 0.1) is 58.8 Å². The molecule has 0 aromatic heterocycles. The normalized spacial score (nSPS) is 46.8. The van der Waals surface area contributed by atoms with Crippen molar-refractivity contribution in [3.8, 4) is 0 Å². The Kier molecular flexibility index (Phi) is 9.60. The molecular weight excluding hydrogens is 626 g/mol. The molecule has 4 saturated heterocycles. The van der Waals surface area contributed by atoms with Gasteiger partial charge in [0.25, 0.3) is 6.67 Å². The Morgan fingerprint density at radius 2 is 1.62 bits per heavy atom. The van der Waals surface area contributed by atoms with Gasteiger partial charge in [0, 0.05) is 63.7 Å². The number of piperidine rings is 1. The number of carbonyl (C=O) groups is 2. The smallest absolute Gasteiger partial charge is 0.270 e. The molecule has 8 fully saturated rings. The molecule has 50 heavy (non-hydrogen) atoms. The summed E-state index contributed by atoms with van der Waals surface area (Å²) in [5.41, 5.74) is 0.703. The van der Waals surface area contributed by atoms with Crippen molar-refractivity contribution in [2.24, 2.45) is 52.3 Å². The predicted octanol–water partition coefficient (Wildman–Crippen LogP) is 5.79. The number of rotatable bonds is 5. The second-order valence-electron chi connectivity index (χ2n) is 19.0. The summed E-state index contributed by atoms with van der Waals surface area (Å²) in [7, 11) is 0. The number of amides is 2. The van der Waals surface area contributed by atoms with Gasteiger partial charge in [-0.3, -0.25) is 19.3 Å². The van der Waals surface area contributed by atoms with Crippen LogP contribution in [0.2, 0.25) is 0 Å². The summed E-state index contributed by atoms with van der Waals surface area (Å²) in [6, 6.07) is 0.741. The molecule has 4 saturated carbocycles. The molecule has 1 unspecified atom stereocenters. The van der Waals surface area contributed by atoms with Gasteiger partial charge in [-0.25, -0.2) is 11.5 Å². The first-order chi connectivity index (χ1) is 24.0. The van der Waals surface area contributed by atoms with Crippen LogP contribution in [0.15, 0.2) is 0 Å². The van der Waals surface area contributed by atoms with E-state index < -0.39 is 0 Å². The highest BCUT2D eigenvalue weighted by Crippen LogP contribution is 2.71.